The van der Waals surface area contributed by atoms with Crippen LogP contribution < -0.4 is 16.4 Å². The molecule has 0 saturated carbocycles. The number of nitrogens with one attached hydrogen (secondary N) is 2. The summed E-state index contributed by atoms with van der Waals surface area (Å²) in [5.41, 5.74) is 5.46. The smallest absolute Gasteiger partial charge is 0.342 e. The summed E-state index contributed by atoms with van der Waals surface area (Å²) in [7, 11) is 0. The number of phenolic OH excluding ortho intramolecular Hbond substituents is 4. The van der Waals surface area contributed by atoms with E-state index in [1.807, 2.05) is 0 Å². The van der Waals surface area contributed by atoms with E-state index in [0.717, 1.165) is 0 Å². The summed E-state index contributed by atoms with van der Waals surface area (Å²) in [6.07, 6.45) is -0.688. The molecule has 172 valence electrons. The van der Waals surface area contributed by atoms with Gasteiger partial charge in [0.1, 0.15) is 17.7 Å². The molecule has 0 spiro atoms. The second kappa shape index (κ2) is 10.9. The second-order valence-electron chi connectivity index (χ2n) is 6.88. The molecule has 0 radical (unpaired) electrons. The fourth-order valence-electron chi connectivity index (χ4n) is 2.64. The molecule has 2 aromatic carbocycles. The molecule has 8 N–H and O–H groups in total. The van der Waals surface area contributed by atoms with Crippen molar-refractivity contribution in [1.82, 2.24) is 10.6 Å². The van der Waals surface area contributed by atoms with E-state index in [-0.39, 0.29) is 24.2 Å². The molecule has 0 bridgehead atoms. The molecule has 0 aliphatic rings. The lowest BCUT2D eigenvalue weighted by Gasteiger charge is -2.20. The largest absolute Gasteiger partial charge is 0.504 e. The number of hydrogen-bond acceptors (Lipinski definition) is 9. The number of ether oxygens (including phenoxy) is 1. The van der Waals surface area contributed by atoms with Crippen molar-refractivity contribution in [3.63, 3.8) is 0 Å². The molecule has 2 unspecified atom stereocenters. The molecule has 2 amide bonds. The minimum Gasteiger partial charge on any atom is -0.504 e. The average molecular weight is 447 g/mol. The summed E-state index contributed by atoms with van der Waals surface area (Å²) in [5, 5.41) is 43.3. The van der Waals surface area contributed by atoms with Crippen molar-refractivity contribution in [2.24, 2.45) is 5.73 Å². The van der Waals surface area contributed by atoms with E-state index in [9.17, 15) is 34.8 Å². The fourth-order valence-corrected chi connectivity index (χ4v) is 2.64. The highest BCUT2D eigenvalue weighted by Crippen LogP contribution is 2.29. The fraction of sp³-hybridized carbons (Fsp3) is 0.286. The Kier molecular flexibility index (Phi) is 8.24. The van der Waals surface area contributed by atoms with Gasteiger partial charge in [0.15, 0.2) is 23.0 Å². The van der Waals surface area contributed by atoms with Crippen LogP contribution in [0.2, 0.25) is 0 Å². The third-order valence-electron chi connectivity index (χ3n) is 4.53. The van der Waals surface area contributed by atoms with E-state index in [0.29, 0.717) is 6.42 Å². The van der Waals surface area contributed by atoms with Crippen molar-refractivity contribution >= 4 is 17.8 Å². The predicted octanol–water partition coefficient (Wildman–Crippen LogP) is 0.318. The lowest BCUT2D eigenvalue weighted by atomic mass is 10.1. The average Bonchev–Trinajstić information content (AvgIpc) is 2.76. The lowest BCUT2D eigenvalue weighted by Crippen LogP contribution is -2.49. The molecular weight excluding hydrogens is 422 g/mol. The number of amides is 2. The van der Waals surface area contributed by atoms with Gasteiger partial charge in [-0.05, 0) is 37.6 Å². The standard InChI is InChI=1S/C21H25N3O8/c1-11(32-21(31)13-6-3-8-15(26)18(13)28)16(22)20(30)24-10-4-9-23-19(29)12-5-2-7-14(25)17(12)27/h2-3,5-8,11,16,25-28H,4,9-10,22H2,1H3,(H,23,29)(H,24,30). The van der Waals surface area contributed by atoms with E-state index >= 15 is 0 Å². The van der Waals surface area contributed by atoms with Gasteiger partial charge < -0.3 is 41.5 Å². The number of esters is 1. The van der Waals surface area contributed by atoms with Crippen molar-refractivity contribution < 1.29 is 39.5 Å². The lowest BCUT2D eigenvalue weighted by molar-refractivity contribution is -0.124. The van der Waals surface area contributed by atoms with Gasteiger partial charge in [-0.25, -0.2) is 4.79 Å². The Hall–Kier alpha value is -3.99. The first-order chi connectivity index (χ1) is 15.1. The molecular formula is C21H25N3O8. The minimum atomic E-state index is -1.20. The van der Waals surface area contributed by atoms with Crippen LogP contribution in [0.4, 0.5) is 0 Å². The summed E-state index contributed by atoms with van der Waals surface area (Å²) in [5.74, 6) is -4.18. The van der Waals surface area contributed by atoms with Crippen molar-refractivity contribution in [3.05, 3.63) is 47.5 Å². The van der Waals surface area contributed by atoms with E-state index < -0.39 is 52.9 Å². The first-order valence-corrected chi connectivity index (χ1v) is 9.67. The zero-order valence-electron chi connectivity index (χ0n) is 17.2. The van der Waals surface area contributed by atoms with Gasteiger partial charge >= 0.3 is 5.97 Å². The highest BCUT2D eigenvalue weighted by atomic mass is 16.5. The minimum absolute atomic E-state index is 0.0792. The van der Waals surface area contributed by atoms with Crippen molar-refractivity contribution in [2.45, 2.75) is 25.5 Å². The molecule has 11 nitrogen and oxygen atoms in total. The number of carbonyl (C=O) groups is 3. The molecule has 0 saturated heterocycles. The molecule has 2 atom stereocenters. The van der Waals surface area contributed by atoms with Crippen LogP contribution in [0.3, 0.4) is 0 Å². The van der Waals surface area contributed by atoms with Crippen LogP contribution in [-0.2, 0) is 9.53 Å². The van der Waals surface area contributed by atoms with Crippen LogP contribution in [-0.4, -0.2) is 63.4 Å². The molecule has 0 heterocycles. The van der Waals surface area contributed by atoms with Crippen molar-refractivity contribution in [2.75, 3.05) is 13.1 Å². The number of rotatable bonds is 9. The van der Waals surface area contributed by atoms with Gasteiger partial charge in [-0.2, -0.15) is 0 Å². The van der Waals surface area contributed by atoms with Crippen molar-refractivity contribution in [1.29, 1.82) is 0 Å². The Morgan fingerprint density at radius 2 is 1.44 bits per heavy atom. The quantitative estimate of drug-likeness (QED) is 0.161. The highest BCUT2D eigenvalue weighted by molar-refractivity contribution is 5.97. The molecule has 11 heteroatoms. The summed E-state index contributed by atoms with van der Waals surface area (Å²) >= 11 is 0. The van der Waals surface area contributed by atoms with Gasteiger partial charge in [-0.1, -0.05) is 12.1 Å². The van der Waals surface area contributed by atoms with Crippen LogP contribution in [0.1, 0.15) is 34.1 Å². The van der Waals surface area contributed by atoms with Gasteiger partial charge in [-0.15, -0.1) is 0 Å². The number of para-hydroxylation sites is 2. The normalized spacial score (nSPS) is 12.4. The van der Waals surface area contributed by atoms with E-state index in [4.69, 9.17) is 10.5 Å². The Bertz CT molecular complexity index is 995. The Balaban J connectivity index is 1.75. The van der Waals surface area contributed by atoms with E-state index in [1.165, 1.54) is 43.3 Å². The monoisotopic (exact) mass is 447 g/mol. The summed E-state index contributed by atoms with van der Waals surface area (Å²) in [4.78, 5) is 36.3. The van der Waals surface area contributed by atoms with Gasteiger partial charge in [0.05, 0.1) is 5.56 Å². The molecule has 2 aromatic rings. The Labute approximate surface area is 183 Å². The first kappa shape index (κ1) is 24.3. The highest BCUT2D eigenvalue weighted by Gasteiger charge is 2.26. The second-order valence-corrected chi connectivity index (χ2v) is 6.88. The zero-order valence-corrected chi connectivity index (χ0v) is 17.2. The number of phenols is 4. The number of aromatic hydroxyl groups is 4. The van der Waals surface area contributed by atoms with E-state index in [2.05, 4.69) is 10.6 Å². The number of nitrogens with two attached hydrogens (primary N) is 1. The first-order valence-electron chi connectivity index (χ1n) is 9.67. The van der Waals surface area contributed by atoms with Crippen LogP contribution in [0, 0.1) is 0 Å². The predicted molar refractivity (Wildman–Crippen MR) is 112 cm³/mol. The number of benzene rings is 2. The maximum atomic E-state index is 12.2. The maximum absolute atomic E-state index is 12.2. The zero-order chi connectivity index (χ0) is 23.8. The summed E-state index contributed by atoms with van der Waals surface area (Å²) < 4.78 is 5.09. The Morgan fingerprint density at radius 3 is 2.06 bits per heavy atom. The number of carbonyl (C=O) groups excluding carboxylic acids is 3. The van der Waals surface area contributed by atoms with Crippen LogP contribution in [0.5, 0.6) is 23.0 Å². The van der Waals surface area contributed by atoms with Gasteiger partial charge in [0, 0.05) is 13.1 Å². The third-order valence-corrected chi connectivity index (χ3v) is 4.53. The molecule has 0 fully saturated rings. The molecule has 2 rings (SSSR count). The maximum Gasteiger partial charge on any atom is 0.342 e. The van der Waals surface area contributed by atoms with Crippen LogP contribution in [0.25, 0.3) is 0 Å². The van der Waals surface area contributed by atoms with Crippen LogP contribution in [0.15, 0.2) is 36.4 Å². The van der Waals surface area contributed by atoms with Gasteiger partial charge in [0.25, 0.3) is 5.91 Å². The van der Waals surface area contributed by atoms with Gasteiger partial charge in [0.2, 0.25) is 5.91 Å². The topological polar surface area (TPSA) is 191 Å². The molecule has 0 aliphatic carbocycles. The molecule has 0 aliphatic heterocycles. The summed E-state index contributed by atoms with van der Waals surface area (Å²) in [6.45, 7) is 1.74. The van der Waals surface area contributed by atoms with E-state index in [1.54, 1.807) is 0 Å². The number of hydrogen-bond donors (Lipinski definition) is 7. The molecule has 0 aromatic heterocycles. The van der Waals surface area contributed by atoms with Crippen molar-refractivity contribution in [3.8, 4) is 23.0 Å². The van der Waals surface area contributed by atoms with Crippen LogP contribution >= 0.6 is 0 Å². The molecule has 32 heavy (non-hydrogen) atoms. The SMILES string of the molecule is CC(OC(=O)c1cccc(O)c1O)C(N)C(=O)NCCCNC(=O)c1cccc(O)c1O. The Morgan fingerprint density at radius 1 is 0.906 bits per heavy atom. The summed E-state index contributed by atoms with van der Waals surface area (Å²) in [6, 6.07) is 6.62. The van der Waals surface area contributed by atoms with Gasteiger partial charge in [-0.3, -0.25) is 9.59 Å². The third kappa shape index (κ3) is 6.01.